The number of nitrogens with one attached hydrogen (secondary N) is 1. The fourth-order valence-electron chi connectivity index (χ4n) is 1.66. The number of amides is 1. The van der Waals surface area contributed by atoms with Gasteiger partial charge in [-0.2, -0.15) is 0 Å². The van der Waals surface area contributed by atoms with E-state index in [1.165, 1.54) is 0 Å². The van der Waals surface area contributed by atoms with Crippen molar-refractivity contribution in [2.45, 2.75) is 6.92 Å². The number of hydrogen-bond acceptors (Lipinski definition) is 2. The van der Waals surface area contributed by atoms with E-state index in [9.17, 15) is 4.79 Å². The molecule has 0 unspecified atom stereocenters. The van der Waals surface area contributed by atoms with Gasteiger partial charge in [-0.15, -0.1) is 0 Å². The summed E-state index contributed by atoms with van der Waals surface area (Å²) in [5.41, 5.74) is 8.23. The molecule has 5 heteroatoms. The largest absolute Gasteiger partial charge is 0.397 e. The molecule has 0 aliphatic heterocycles. The van der Waals surface area contributed by atoms with Gasteiger partial charge in [0.1, 0.15) is 0 Å². The van der Waals surface area contributed by atoms with Crippen LogP contribution >= 0.6 is 23.2 Å². The maximum Gasteiger partial charge on any atom is 0.257 e. The lowest BCUT2D eigenvalue weighted by Crippen LogP contribution is -2.13. The van der Waals surface area contributed by atoms with Gasteiger partial charge in [-0.05, 0) is 36.8 Å². The Morgan fingerprint density at radius 2 is 1.95 bits per heavy atom. The van der Waals surface area contributed by atoms with Crippen molar-refractivity contribution in [3.8, 4) is 0 Å². The van der Waals surface area contributed by atoms with Crippen LogP contribution in [0, 0.1) is 6.92 Å². The number of nitrogens with two attached hydrogens (primary N) is 1. The van der Waals surface area contributed by atoms with Gasteiger partial charge in [0.2, 0.25) is 0 Å². The van der Waals surface area contributed by atoms with E-state index in [2.05, 4.69) is 5.32 Å². The summed E-state index contributed by atoms with van der Waals surface area (Å²) in [5, 5.41) is 3.28. The lowest BCUT2D eigenvalue weighted by molar-refractivity contribution is 0.102. The minimum atomic E-state index is -0.344. The van der Waals surface area contributed by atoms with Crippen molar-refractivity contribution in [3.05, 3.63) is 57.6 Å². The molecule has 0 radical (unpaired) electrons. The van der Waals surface area contributed by atoms with Crippen LogP contribution in [0.4, 0.5) is 11.4 Å². The van der Waals surface area contributed by atoms with Gasteiger partial charge in [-0.1, -0.05) is 35.3 Å². The van der Waals surface area contributed by atoms with Gasteiger partial charge in [0.15, 0.2) is 0 Å². The summed E-state index contributed by atoms with van der Waals surface area (Å²) in [4.78, 5) is 12.1. The van der Waals surface area contributed by atoms with Gasteiger partial charge >= 0.3 is 0 Å². The highest BCUT2D eigenvalue weighted by Crippen LogP contribution is 2.27. The van der Waals surface area contributed by atoms with E-state index in [0.717, 1.165) is 5.56 Å². The molecule has 3 nitrogen and oxygen atoms in total. The number of aryl methyl sites for hydroxylation is 1. The highest BCUT2D eigenvalue weighted by atomic mass is 35.5. The predicted molar refractivity (Wildman–Crippen MR) is 80.0 cm³/mol. The second kappa shape index (κ2) is 5.51. The molecule has 0 fully saturated rings. The van der Waals surface area contributed by atoms with Crippen LogP contribution in [0.3, 0.4) is 0 Å². The average Bonchev–Trinajstić information content (AvgIpc) is 2.36. The Balaban J connectivity index is 2.28. The van der Waals surface area contributed by atoms with Gasteiger partial charge in [0, 0.05) is 0 Å². The summed E-state index contributed by atoms with van der Waals surface area (Å²) < 4.78 is 0. The van der Waals surface area contributed by atoms with E-state index in [-0.39, 0.29) is 10.9 Å². The summed E-state index contributed by atoms with van der Waals surface area (Å²) in [6.07, 6.45) is 0. The zero-order chi connectivity index (χ0) is 14.0. The topological polar surface area (TPSA) is 55.1 Å². The predicted octanol–water partition coefficient (Wildman–Crippen LogP) is 4.14. The number of carbonyl (C=O) groups is 1. The maximum atomic E-state index is 12.1. The first-order chi connectivity index (χ1) is 8.99. The van der Waals surface area contributed by atoms with Crippen LogP contribution in [0.2, 0.25) is 10.0 Å². The molecule has 2 aromatic carbocycles. The normalized spacial score (nSPS) is 10.3. The maximum absolute atomic E-state index is 12.1. The average molecular weight is 295 g/mol. The Morgan fingerprint density at radius 1 is 1.21 bits per heavy atom. The minimum Gasteiger partial charge on any atom is -0.397 e. The van der Waals surface area contributed by atoms with Gasteiger partial charge < -0.3 is 11.1 Å². The molecular weight excluding hydrogens is 283 g/mol. The smallest absolute Gasteiger partial charge is 0.257 e. The summed E-state index contributed by atoms with van der Waals surface area (Å²) in [6.45, 7) is 1.93. The highest BCUT2D eigenvalue weighted by molar-refractivity contribution is 6.44. The number of hydrogen-bond donors (Lipinski definition) is 2. The third kappa shape index (κ3) is 3.00. The van der Waals surface area contributed by atoms with Crippen LogP contribution < -0.4 is 11.1 Å². The van der Waals surface area contributed by atoms with Crippen LogP contribution in [-0.2, 0) is 0 Å². The SMILES string of the molecule is Cc1ccc(NC(=O)c2cccc(Cl)c2Cl)c(N)c1. The van der Waals surface area contributed by atoms with Gasteiger partial charge in [0.25, 0.3) is 5.91 Å². The van der Waals surface area contributed by atoms with E-state index in [0.29, 0.717) is 22.0 Å². The molecule has 2 rings (SSSR count). The summed E-state index contributed by atoms with van der Waals surface area (Å²) in [6, 6.07) is 10.3. The van der Waals surface area contributed by atoms with Gasteiger partial charge in [-0.3, -0.25) is 4.79 Å². The number of rotatable bonds is 2. The molecule has 0 saturated carbocycles. The summed E-state index contributed by atoms with van der Waals surface area (Å²) >= 11 is 11.9. The fourth-order valence-corrected chi connectivity index (χ4v) is 2.05. The van der Waals surface area contributed by atoms with Crippen molar-refractivity contribution in [2.75, 3.05) is 11.1 Å². The van der Waals surface area contributed by atoms with E-state index in [1.54, 1.807) is 30.3 Å². The van der Waals surface area contributed by atoms with Gasteiger partial charge in [-0.25, -0.2) is 0 Å². The highest BCUT2D eigenvalue weighted by Gasteiger charge is 2.13. The van der Waals surface area contributed by atoms with Crippen molar-refractivity contribution >= 4 is 40.5 Å². The number of benzene rings is 2. The molecule has 98 valence electrons. The Hall–Kier alpha value is -1.71. The number of nitrogen functional groups attached to an aromatic ring is 1. The second-order valence-corrected chi connectivity index (χ2v) is 4.93. The molecule has 0 aromatic heterocycles. The molecule has 2 aromatic rings. The second-order valence-electron chi connectivity index (χ2n) is 4.15. The molecular formula is C14H12Cl2N2O. The summed E-state index contributed by atoms with van der Waals surface area (Å²) in [7, 11) is 0. The molecule has 0 heterocycles. The molecule has 19 heavy (non-hydrogen) atoms. The first-order valence-electron chi connectivity index (χ1n) is 5.60. The zero-order valence-electron chi connectivity index (χ0n) is 10.2. The lowest BCUT2D eigenvalue weighted by Gasteiger charge is -2.10. The van der Waals surface area contributed by atoms with Crippen molar-refractivity contribution < 1.29 is 4.79 Å². The van der Waals surface area contributed by atoms with Crippen LogP contribution in [-0.4, -0.2) is 5.91 Å². The zero-order valence-corrected chi connectivity index (χ0v) is 11.7. The van der Waals surface area contributed by atoms with Gasteiger partial charge in [0.05, 0.1) is 27.0 Å². The quantitative estimate of drug-likeness (QED) is 0.818. The van der Waals surface area contributed by atoms with Crippen molar-refractivity contribution in [1.82, 2.24) is 0 Å². The molecule has 0 atom stereocenters. The van der Waals surface area contributed by atoms with E-state index < -0.39 is 0 Å². The Kier molecular flexibility index (Phi) is 3.98. The molecule has 0 aliphatic rings. The lowest BCUT2D eigenvalue weighted by atomic mass is 10.1. The van der Waals surface area contributed by atoms with Crippen LogP contribution in [0.25, 0.3) is 0 Å². The third-order valence-electron chi connectivity index (χ3n) is 2.65. The molecule has 0 aliphatic carbocycles. The van der Waals surface area contributed by atoms with E-state index >= 15 is 0 Å². The Labute approximate surface area is 121 Å². The van der Waals surface area contributed by atoms with Crippen LogP contribution in [0.15, 0.2) is 36.4 Å². The molecule has 0 saturated heterocycles. The van der Waals surface area contributed by atoms with E-state index in [4.69, 9.17) is 28.9 Å². The van der Waals surface area contributed by atoms with Crippen molar-refractivity contribution in [1.29, 1.82) is 0 Å². The van der Waals surface area contributed by atoms with Crippen LogP contribution in [0.1, 0.15) is 15.9 Å². The standard InChI is InChI=1S/C14H12Cl2N2O/c1-8-5-6-12(11(17)7-8)18-14(19)9-3-2-4-10(15)13(9)16/h2-7H,17H2,1H3,(H,18,19). The summed E-state index contributed by atoms with van der Waals surface area (Å²) in [5.74, 6) is -0.344. The minimum absolute atomic E-state index is 0.229. The van der Waals surface area contributed by atoms with Crippen LogP contribution in [0.5, 0.6) is 0 Å². The first kappa shape index (κ1) is 13.7. The molecule has 0 bridgehead atoms. The third-order valence-corrected chi connectivity index (χ3v) is 3.47. The Morgan fingerprint density at radius 3 is 2.63 bits per heavy atom. The Bertz CT molecular complexity index is 641. The first-order valence-corrected chi connectivity index (χ1v) is 6.36. The monoisotopic (exact) mass is 294 g/mol. The van der Waals surface area contributed by atoms with Crippen molar-refractivity contribution in [3.63, 3.8) is 0 Å². The fraction of sp³-hybridized carbons (Fsp3) is 0.0714. The van der Waals surface area contributed by atoms with E-state index in [1.807, 2.05) is 13.0 Å². The molecule has 1 amide bonds. The number of halogens is 2. The molecule has 0 spiro atoms. The van der Waals surface area contributed by atoms with Crippen molar-refractivity contribution in [2.24, 2.45) is 0 Å². The number of anilines is 2. The number of carbonyl (C=O) groups excluding carboxylic acids is 1. The molecule has 3 N–H and O–H groups in total.